The molecule has 1 saturated carbocycles. The van der Waals surface area contributed by atoms with Gasteiger partial charge < -0.3 is 10.6 Å². The minimum absolute atomic E-state index is 0.0777. The van der Waals surface area contributed by atoms with Gasteiger partial charge in [-0.15, -0.1) is 0 Å². The van der Waals surface area contributed by atoms with Crippen molar-refractivity contribution in [3.63, 3.8) is 0 Å². The first kappa shape index (κ1) is 21.8. The number of amides is 2. The molecule has 0 bridgehead atoms. The van der Waals surface area contributed by atoms with Gasteiger partial charge in [0.05, 0.1) is 6.54 Å². The molecule has 2 N–H and O–H groups in total. The van der Waals surface area contributed by atoms with Gasteiger partial charge in [-0.25, -0.2) is 0 Å². The second kappa shape index (κ2) is 9.81. The highest BCUT2D eigenvalue weighted by Gasteiger charge is 2.31. The van der Waals surface area contributed by atoms with Crippen LogP contribution >= 0.6 is 11.6 Å². The summed E-state index contributed by atoms with van der Waals surface area (Å²) in [6.07, 6.45) is 2.19. The van der Waals surface area contributed by atoms with Gasteiger partial charge in [0.25, 0.3) is 0 Å². The highest BCUT2D eigenvalue weighted by Crippen LogP contribution is 2.26. The van der Waals surface area contributed by atoms with Crippen LogP contribution < -0.4 is 10.6 Å². The van der Waals surface area contributed by atoms with Crippen LogP contribution in [-0.2, 0) is 9.59 Å². The number of piperazine rings is 1. The molecule has 0 unspecified atom stereocenters. The predicted molar refractivity (Wildman–Crippen MR) is 123 cm³/mol. The third-order valence-electron chi connectivity index (χ3n) is 5.88. The number of hydrogen-bond acceptors (Lipinski definition) is 4. The highest BCUT2D eigenvalue weighted by atomic mass is 35.5. The summed E-state index contributed by atoms with van der Waals surface area (Å²) < 4.78 is 0. The smallest absolute Gasteiger partial charge is 0.246 e. The van der Waals surface area contributed by atoms with E-state index >= 15 is 0 Å². The lowest BCUT2D eigenvalue weighted by Gasteiger charge is -2.38. The number of aryl methyl sites for hydroxylation is 1. The van der Waals surface area contributed by atoms with E-state index < -0.39 is 6.04 Å². The molecule has 1 atom stereocenters. The van der Waals surface area contributed by atoms with E-state index in [1.807, 2.05) is 49.4 Å². The van der Waals surface area contributed by atoms with Gasteiger partial charge in [-0.2, -0.15) is 0 Å². The number of halogens is 1. The summed E-state index contributed by atoms with van der Waals surface area (Å²) in [4.78, 5) is 29.8. The lowest BCUT2D eigenvalue weighted by molar-refractivity contribution is -0.125. The van der Waals surface area contributed by atoms with Crippen molar-refractivity contribution in [3.05, 3.63) is 64.7 Å². The van der Waals surface area contributed by atoms with Crippen molar-refractivity contribution in [2.24, 2.45) is 0 Å². The molecule has 2 aliphatic rings. The van der Waals surface area contributed by atoms with Crippen molar-refractivity contribution >= 4 is 29.1 Å². The number of carbonyl (C=O) groups is 2. The Balaban J connectivity index is 1.42. The number of benzene rings is 2. The highest BCUT2D eigenvalue weighted by molar-refractivity contribution is 6.31. The summed E-state index contributed by atoms with van der Waals surface area (Å²) in [7, 11) is 0. The maximum atomic E-state index is 13.3. The average Bonchev–Trinajstić information content (AvgIpc) is 3.57. The van der Waals surface area contributed by atoms with Crippen molar-refractivity contribution in [1.29, 1.82) is 0 Å². The number of carbonyl (C=O) groups excluding carboxylic acids is 2. The Morgan fingerprint density at radius 3 is 2.42 bits per heavy atom. The molecule has 7 heteroatoms. The summed E-state index contributed by atoms with van der Waals surface area (Å²) in [6, 6.07) is 15.4. The van der Waals surface area contributed by atoms with E-state index in [2.05, 4.69) is 20.4 Å². The quantitative estimate of drug-likeness (QED) is 0.693. The first-order valence-electron chi connectivity index (χ1n) is 10.9. The number of nitrogens with one attached hydrogen (secondary N) is 2. The van der Waals surface area contributed by atoms with Crippen LogP contribution in [0.5, 0.6) is 0 Å². The van der Waals surface area contributed by atoms with Crippen molar-refractivity contribution in [2.75, 3.05) is 38.0 Å². The third-order valence-corrected chi connectivity index (χ3v) is 6.29. The van der Waals surface area contributed by atoms with Crippen LogP contribution in [0.25, 0.3) is 0 Å². The standard InChI is InChI=1S/C24H29ClN4O2/c1-17-7-8-20(15-21(17)25)27-24(31)23(18-5-3-2-4-6-18)29-13-11-28(12-14-29)16-22(30)26-19-9-10-19/h2-8,15,19,23H,9-14,16H2,1H3,(H,26,30)(H,27,31)/t23-/m0/s1. The second-order valence-corrected chi connectivity index (χ2v) is 8.83. The van der Waals surface area contributed by atoms with Crippen molar-refractivity contribution in [2.45, 2.75) is 31.8 Å². The molecule has 0 spiro atoms. The number of hydrogen-bond donors (Lipinski definition) is 2. The van der Waals surface area contributed by atoms with Crippen LogP contribution in [0.15, 0.2) is 48.5 Å². The van der Waals surface area contributed by atoms with E-state index in [0.717, 1.165) is 50.1 Å². The van der Waals surface area contributed by atoms with Gasteiger partial charge in [-0.3, -0.25) is 19.4 Å². The molecular weight excluding hydrogens is 412 g/mol. The minimum Gasteiger partial charge on any atom is -0.352 e. The van der Waals surface area contributed by atoms with E-state index in [4.69, 9.17) is 11.6 Å². The molecule has 2 aromatic rings. The molecule has 2 aromatic carbocycles. The zero-order chi connectivity index (χ0) is 21.8. The Morgan fingerprint density at radius 1 is 1.06 bits per heavy atom. The van der Waals surface area contributed by atoms with Crippen LogP contribution in [0.4, 0.5) is 5.69 Å². The molecule has 0 radical (unpaired) electrons. The molecule has 6 nitrogen and oxygen atoms in total. The Kier molecular flexibility index (Phi) is 6.90. The number of rotatable bonds is 7. The minimum atomic E-state index is -0.399. The molecule has 164 valence electrons. The molecule has 1 saturated heterocycles. The van der Waals surface area contributed by atoms with Gasteiger partial charge in [-0.1, -0.05) is 48.0 Å². The van der Waals surface area contributed by atoms with E-state index in [1.54, 1.807) is 6.07 Å². The average molecular weight is 441 g/mol. The summed E-state index contributed by atoms with van der Waals surface area (Å²) >= 11 is 6.24. The molecule has 1 aliphatic carbocycles. The van der Waals surface area contributed by atoms with Crippen molar-refractivity contribution < 1.29 is 9.59 Å². The monoisotopic (exact) mass is 440 g/mol. The van der Waals surface area contributed by atoms with Gasteiger partial charge in [-0.05, 0) is 43.0 Å². The molecule has 1 aliphatic heterocycles. The fourth-order valence-electron chi connectivity index (χ4n) is 3.93. The van der Waals surface area contributed by atoms with Gasteiger partial charge >= 0.3 is 0 Å². The first-order chi connectivity index (χ1) is 15.0. The maximum Gasteiger partial charge on any atom is 0.246 e. The summed E-state index contributed by atoms with van der Waals surface area (Å²) in [5, 5.41) is 6.71. The van der Waals surface area contributed by atoms with Crippen LogP contribution in [0.2, 0.25) is 5.02 Å². The third kappa shape index (κ3) is 5.85. The van der Waals surface area contributed by atoms with Crippen LogP contribution in [0.3, 0.4) is 0 Å². The molecule has 1 heterocycles. The molecule has 0 aromatic heterocycles. The molecular formula is C24H29ClN4O2. The van der Waals surface area contributed by atoms with E-state index in [0.29, 0.717) is 23.3 Å². The Labute approximate surface area is 188 Å². The Bertz CT molecular complexity index is 924. The molecule has 2 amide bonds. The van der Waals surface area contributed by atoms with E-state index in [9.17, 15) is 9.59 Å². The van der Waals surface area contributed by atoms with Crippen molar-refractivity contribution in [1.82, 2.24) is 15.1 Å². The lowest BCUT2D eigenvalue weighted by atomic mass is 10.0. The fraction of sp³-hybridized carbons (Fsp3) is 0.417. The Hall–Kier alpha value is -2.41. The van der Waals surface area contributed by atoms with Gasteiger partial charge in [0.1, 0.15) is 6.04 Å². The van der Waals surface area contributed by atoms with Gasteiger partial charge in [0, 0.05) is 42.9 Å². The van der Waals surface area contributed by atoms with Crippen LogP contribution in [-0.4, -0.2) is 60.4 Å². The fourth-order valence-corrected chi connectivity index (χ4v) is 4.11. The summed E-state index contributed by atoms with van der Waals surface area (Å²) in [5.41, 5.74) is 2.62. The summed E-state index contributed by atoms with van der Waals surface area (Å²) in [6.45, 7) is 5.31. The van der Waals surface area contributed by atoms with Gasteiger partial charge in [0.15, 0.2) is 0 Å². The lowest BCUT2D eigenvalue weighted by Crippen LogP contribution is -2.52. The molecule has 31 heavy (non-hydrogen) atoms. The molecule has 2 fully saturated rings. The topological polar surface area (TPSA) is 64.7 Å². The number of anilines is 1. The SMILES string of the molecule is Cc1ccc(NC(=O)[C@H](c2ccccc2)N2CCN(CC(=O)NC3CC3)CC2)cc1Cl. The molecule has 4 rings (SSSR count). The zero-order valence-corrected chi connectivity index (χ0v) is 18.6. The van der Waals surface area contributed by atoms with Crippen molar-refractivity contribution in [3.8, 4) is 0 Å². The normalized spacial score (nSPS) is 18.4. The van der Waals surface area contributed by atoms with Crippen LogP contribution in [0, 0.1) is 6.92 Å². The first-order valence-corrected chi connectivity index (χ1v) is 11.2. The zero-order valence-electron chi connectivity index (χ0n) is 17.8. The maximum absolute atomic E-state index is 13.3. The van der Waals surface area contributed by atoms with Gasteiger partial charge in [0.2, 0.25) is 11.8 Å². The van der Waals surface area contributed by atoms with E-state index in [-0.39, 0.29) is 11.8 Å². The Morgan fingerprint density at radius 2 is 1.77 bits per heavy atom. The van der Waals surface area contributed by atoms with E-state index in [1.165, 1.54) is 0 Å². The predicted octanol–water partition coefficient (Wildman–Crippen LogP) is 3.22. The second-order valence-electron chi connectivity index (χ2n) is 8.42. The van der Waals surface area contributed by atoms with Crippen LogP contribution in [0.1, 0.15) is 30.0 Å². The largest absolute Gasteiger partial charge is 0.352 e. The number of nitrogens with zero attached hydrogens (tertiary/aromatic N) is 2. The summed E-state index contributed by atoms with van der Waals surface area (Å²) in [5.74, 6) is 0.0237.